The molecule has 0 radical (unpaired) electrons. The number of hydrogen-bond acceptors (Lipinski definition) is 2. The Labute approximate surface area is 163 Å². The van der Waals surface area contributed by atoms with E-state index in [1.807, 2.05) is 19.9 Å². The molecule has 3 N–H and O–H groups in total. The summed E-state index contributed by atoms with van der Waals surface area (Å²) in [5.74, 6) is 0.573. The Morgan fingerprint density at radius 3 is 2.50 bits per heavy atom. The number of nitrogens with zero attached hydrogens (tertiary/aromatic N) is 1. The Hall–Kier alpha value is -0.890. The first-order valence-corrected chi connectivity index (χ1v) is 8.29. The van der Waals surface area contributed by atoms with Crippen LogP contribution in [0.4, 0.5) is 4.39 Å². The predicted molar refractivity (Wildman–Crippen MR) is 112 cm³/mol. The van der Waals surface area contributed by atoms with Crippen molar-refractivity contribution in [1.82, 2.24) is 16.0 Å². The third-order valence-electron chi connectivity index (χ3n) is 3.43. The van der Waals surface area contributed by atoms with Crippen LogP contribution in [0.2, 0.25) is 0 Å². The van der Waals surface area contributed by atoms with Gasteiger partial charge in [-0.15, -0.1) is 24.0 Å². The zero-order valence-corrected chi connectivity index (χ0v) is 18.0. The molecule has 1 atom stereocenters. The van der Waals surface area contributed by atoms with Crippen molar-refractivity contribution in [3.8, 4) is 0 Å². The summed E-state index contributed by atoms with van der Waals surface area (Å²) in [6.45, 7) is 14.5. The van der Waals surface area contributed by atoms with Gasteiger partial charge in [-0.25, -0.2) is 4.39 Å². The summed E-state index contributed by atoms with van der Waals surface area (Å²) >= 11 is 0. The highest BCUT2D eigenvalue weighted by molar-refractivity contribution is 14.0. The van der Waals surface area contributed by atoms with Gasteiger partial charge in [-0.2, -0.15) is 0 Å². The lowest BCUT2D eigenvalue weighted by molar-refractivity contribution is 0.432. The smallest absolute Gasteiger partial charge is 0.191 e. The molecule has 0 saturated carbocycles. The van der Waals surface area contributed by atoms with Crippen molar-refractivity contribution in [3.63, 3.8) is 0 Å². The lowest BCUT2D eigenvalue weighted by Gasteiger charge is -2.21. The van der Waals surface area contributed by atoms with Gasteiger partial charge in [0.2, 0.25) is 0 Å². The highest BCUT2D eigenvalue weighted by Gasteiger charge is 2.10. The molecule has 0 aliphatic rings. The summed E-state index contributed by atoms with van der Waals surface area (Å²) in [4.78, 5) is 4.56. The molecule has 0 heterocycles. The molecule has 0 bridgehead atoms. The predicted octanol–water partition coefficient (Wildman–Crippen LogP) is 3.76. The van der Waals surface area contributed by atoms with Crippen LogP contribution in [0.1, 0.15) is 51.8 Å². The molecular formula is C18H32FIN4. The van der Waals surface area contributed by atoms with E-state index in [1.165, 1.54) is 0 Å². The maximum Gasteiger partial charge on any atom is 0.191 e. The lowest BCUT2D eigenvalue weighted by Crippen LogP contribution is -2.40. The molecule has 0 aliphatic heterocycles. The number of aryl methyl sites for hydroxylation is 1. The van der Waals surface area contributed by atoms with E-state index in [0.717, 1.165) is 24.6 Å². The van der Waals surface area contributed by atoms with Gasteiger partial charge in [-0.3, -0.25) is 4.99 Å². The van der Waals surface area contributed by atoms with E-state index >= 15 is 0 Å². The molecule has 0 spiro atoms. The monoisotopic (exact) mass is 450 g/mol. The van der Waals surface area contributed by atoms with E-state index in [0.29, 0.717) is 12.1 Å². The van der Waals surface area contributed by atoms with Crippen molar-refractivity contribution >= 4 is 29.9 Å². The van der Waals surface area contributed by atoms with Gasteiger partial charge in [0.25, 0.3) is 0 Å². The fraction of sp³-hybridized carbons (Fsp3) is 0.611. The van der Waals surface area contributed by atoms with Crippen molar-refractivity contribution in [2.75, 3.05) is 19.6 Å². The van der Waals surface area contributed by atoms with Crippen molar-refractivity contribution < 1.29 is 4.39 Å². The fourth-order valence-corrected chi connectivity index (χ4v) is 2.09. The normalized spacial score (nSPS) is 13.2. The van der Waals surface area contributed by atoms with Crippen molar-refractivity contribution in [3.05, 3.63) is 35.1 Å². The van der Waals surface area contributed by atoms with Gasteiger partial charge >= 0.3 is 0 Å². The van der Waals surface area contributed by atoms with Gasteiger partial charge in [0.15, 0.2) is 5.96 Å². The summed E-state index contributed by atoms with van der Waals surface area (Å²) in [5, 5.41) is 9.95. The topological polar surface area (TPSA) is 48.5 Å². The van der Waals surface area contributed by atoms with Crippen LogP contribution in [0.25, 0.3) is 0 Å². The summed E-state index contributed by atoms with van der Waals surface area (Å²) in [7, 11) is 0. The zero-order chi connectivity index (χ0) is 17.5. The average molecular weight is 450 g/mol. The van der Waals surface area contributed by atoms with Crippen LogP contribution in [0, 0.1) is 12.7 Å². The van der Waals surface area contributed by atoms with Crippen LogP contribution in [0.3, 0.4) is 0 Å². The van der Waals surface area contributed by atoms with E-state index in [-0.39, 0.29) is 41.4 Å². The number of guanidine groups is 1. The molecule has 0 aliphatic carbocycles. The van der Waals surface area contributed by atoms with Crippen molar-refractivity contribution in [2.45, 2.75) is 53.1 Å². The standard InChI is InChI=1S/C18H31FN4.HI/c1-7-20-17(21-10-11-22-18(4,5)6)23-14(3)15-9-8-13(2)16(19)12-15;/h8-9,12,14,22H,7,10-11H2,1-6H3,(H2,20,21,23);1H. The largest absolute Gasteiger partial charge is 0.357 e. The van der Waals surface area contributed by atoms with Gasteiger partial charge < -0.3 is 16.0 Å². The average Bonchev–Trinajstić information content (AvgIpc) is 2.45. The molecule has 1 aromatic carbocycles. The highest BCUT2D eigenvalue weighted by Crippen LogP contribution is 2.16. The van der Waals surface area contributed by atoms with E-state index < -0.39 is 0 Å². The fourth-order valence-electron chi connectivity index (χ4n) is 2.09. The second-order valence-corrected chi connectivity index (χ2v) is 6.81. The first-order valence-electron chi connectivity index (χ1n) is 8.29. The first-order chi connectivity index (χ1) is 10.7. The minimum atomic E-state index is -0.174. The number of hydrogen-bond donors (Lipinski definition) is 3. The number of halogens is 2. The quantitative estimate of drug-likeness (QED) is 0.268. The Morgan fingerprint density at radius 1 is 1.29 bits per heavy atom. The van der Waals surface area contributed by atoms with E-state index in [4.69, 9.17) is 0 Å². The number of rotatable bonds is 6. The second kappa shape index (κ2) is 10.9. The van der Waals surface area contributed by atoms with Crippen LogP contribution in [0.5, 0.6) is 0 Å². The summed E-state index contributed by atoms with van der Waals surface area (Å²) < 4.78 is 13.7. The highest BCUT2D eigenvalue weighted by atomic mass is 127. The summed E-state index contributed by atoms with van der Waals surface area (Å²) in [5.41, 5.74) is 1.66. The molecule has 0 aromatic heterocycles. The van der Waals surface area contributed by atoms with Gasteiger partial charge in [0.1, 0.15) is 5.82 Å². The Morgan fingerprint density at radius 2 is 1.96 bits per heavy atom. The molecule has 0 fully saturated rings. The van der Waals surface area contributed by atoms with E-state index in [2.05, 4.69) is 41.7 Å². The number of benzene rings is 1. The molecule has 0 saturated heterocycles. The van der Waals surface area contributed by atoms with Gasteiger partial charge in [-0.05, 0) is 58.7 Å². The maximum absolute atomic E-state index is 13.7. The van der Waals surface area contributed by atoms with Gasteiger partial charge in [0, 0.05) is 18.6 Å². The van der Waals surface area contributed by atoms with Crippen LogP contribution in [-0.4, -0.2) is 31.1 Å². The Kier molecular flexibility index (Phi) is 10.5. The number of aliphatic imine (C=N–C) groups is 1. The summed E-state index contributed by atoms with van der Waals surface area (Å²) in [6.07, 6.45) is 0. The van der Waals surface area contributed by atoms with E-state index in [9.17, 15) is 4.39 Å². The molecule has 0 amide bonds. The Bertz CT molecular complexity index is 526. The minimum absolute atomic E-state index is 0. The van der Waals surface area contributed by atoms with Crippen LogP contribution in [-0.2, 0) is 0 Å². The van der Waals surface area contributed by atoms with Crippen molar-refractivity contribution in [1.29, 1.82) is 0 Å². The van der Waals surface area contributed by atoms with Crippen LogP contribution < -0.4 is 16.0 Å². The SMILES string of the molecule is CCNC(=NCCNC(C)(C)C)NC(C)c1ccc(C)c(F)c1.I. The Balaban J connectivity index is 0.00000529. The zero-order valence-electron chi connectivity index (χ0n) is 15.7. The third-order valence-corrected chi connectivity index (χ3v) is 3.43. The maximum atomic E-state index is 13.7. The number of nitrogens with one attached hydrogen (secondary N) is 3. The molecule has 4 nitrogen and oxygen atoms in total. The molecule has 1 rings (SSSR count). The second-order valence-electron chi connectivity index (χ2n) is 6.81. The lowest BCUT2D eigenvalue weighted by atomic mass is 10.1. The van der Waals surface area contributed by atoms with Crippen molar-refractivity contribution in [2.24, 2.45) is 4.99 Å². The van der Waals surface area contributed by atoms with E-state index in [1.54, 1.807) is 19.1 Å². The molecular weight excluding hydrogens is 418 g/mol. The molecule has 24 heavy (non-hydrogen) atoms. The van der Waals surface area contributed by atoms with Gasteiger partial charge in [-0.1, -0.05) is 12.1 Å². The third kappa shape index (κ3) is 8.82. The molecule has 1 aromatic rings. The van der Waals surface area contributed by atoms with Crippen LogP contribution in [0.15, 0.2) is 23.2 Å². The summed E-state index contributed by atoms with van der Waals surface area (Å²) in [6, 6.07) is 5.32. The van der Waals surface area contributed by atoms with Gasteiger partial charge in [0.05, 0.1) is 12.6 Å². The molecule has 6 heteroatoms. The molecule has 1 unspecified atom stereocenters. The molecule has 138 valence electrons. The van der Waals surface area contributed by atoms with Crippen LogP contribution >= 0.6 is 24.0 Å². The first kappa shape index (κ1) is 23.1. The minimum Gasteiger partial charge on any atom is -0.357 e.